The summed E-state index contributed by atoms with van der Waals surface area (Å²) < 4.78 is 5.21. The van der Waals surface area contributed by atoms with E-state index in [0.29, 0.717) is 6.04 Å². The second kappa shape index (κ2) is 6.73. The van der Waals surface area contributed by atoms with Gasteiger partial charge in [0.05, 0.1) is 13.2 Å². The van der Waals surface area contributed by atoms with E-state index in [2.05, 4.69) is 33.8 Å². The molecule has 1 aliphatic heterocycles. The van der Waals surface area contributed by atoms with Crippen LogP contribution in [0.5, 0.6) is 5.75 Å². The predicted molar refractivity (Wildman–Crippen MR) is 103 cm³/mol. The van der Waals surface area contributed by atoms with Crippen LogP contribution in [0.4, 0.5) is 0 Å². The van der Waals surface area contributed by atoms with Crippen LogP contribution in [0.2, 0.25) is 0 Å². The van der Waals surface area contributed by atoms with E-state index in [4.69, 9.17) is 17.0 Å². The first-order valence-corrected chi connectivity index (χ1v) is 9.78. The number of nitrogens with zero attached hydrogens (tertiary/aromatic N) is 1. The standard InChI is InChI=1S/C19H22N2OS2/c1-22-15-6-2-13(3-7-15)12-20-19(23)21-10-8-17-16(9-11-24-17)18(21)14-4-5-14/h2-3,6-7,9,11,14,18H,4-5,8,10,12H2,1H3,(H,20,23)/t18-/m1/s1. The third-order valence-electron chi connectivity index (χ3n) is 4.95. The lowest BCUT2D eigenvalue weighted by molar-refractivity contribution is 0.269. The molecule has 5 heteroatoms. The van der Waals surface area contributed by atoms with Crippen molar-refractivity contribution in [2.24, 2.45) is 5.92 Å². The van der Waals surface area contributed by atoms with Gasteiger partial charge in [0.25, 0.3) is 0 Å². The number of thiocarbonyl (C=S) groups is 1. The zero-order chi connectivity index (χ0) is 16.5. The molecule has 1 N–H and O–H groups in total. The highest BCUT2D eigenvalue weighted by Crippen LogP contribution is 2.48. The monoisotopic (exact) mass is 358 g/mol. The van der Waals surface area contributed by atoms with Crippen molar-refractivity contribution in [2.75, 3.05) is 13.7 Å². The van der Waals surface area contributed by atoms with E-state index < -0.39 is 0 Å². The molecule has 2 aliphatic rings. The molecule has 1 aromatic heterocycles. The first-order valence-electron chi connectivity index (χ1n) is 8.50. The molecule has 2 heterocycles. The van der Waals surface area contributed by atoms with Gasteiger partial charge < -0.3 is 15.0 Å². The lowest BCUT2D eigenvalue weighted by Crippen LogP contribution is -2.45. The van der Waals surface area contributed by atoms with E-state index in [-0.39, 0.29) is 0 Å². The highest BCUT2D eigenvalue weighted by atomic mass is 32.1. The molecule has 4 rings (SSSR count). The van der Waals surface area contributed by atoms with Gasteiger partial charge in [-0.05, 0) is 72.1 Å². The molecule has 0 spiro atoms. The topological polar surface area (TPSA) is 24.5 Å². The Kier molecular flexibility index (Phi) is 4.46. The molecule has 2 aromatic rings. The molecule has 24 heavy (non-hydrogen) atoms. The third kappa shape index (κ3) is 3.15. The van der Waals surface area contributed by atoms with Gasteiger partial charge in [-0.3, -0.25) is 0 Å². The van der Waals surface area contributed by atoms with Crippen molar-refractivity contribution in [2.45, 2.75) is 31.8 Å². The van der Waals surface area contributed by atoms with Crippen LogP contribution in [0, 0.1) is 5.92 Å². The van der Waals surface area contributed by atoms with E-state index >= 15 is 0 Å². The zero-order valence-corrected chi connectivity index (χ0v) is 15.5. The fourth-order valence-corrected chi connectivity index (χ4v) is 4.71. The summed E-state index contributed by atoms with van der Waals surface area (Å²) in [6.07, 6.45) is 3.77. The molecular formula is C19H22N2OS2. The van der Waals surface area contributed by atoms with Crippen LogP contribution in [-0.4, -0.2) is 23.7 Å². The molecule has 1 saturated carbocycles. The fourth-order valence-electron chi connectivity index (χ4n) is 3.52. The maximum absolute atomic E-state index is 5.74. The Labute approximate surface area is 152 Å². The number of hydrogen-bond acceptors (Lipinski definition) is 3. The molecule has 0 bridgehead atoms. The van der Waals surface area contributed by atoms with Gasteiger partial charge in [-0.25, -0.2) is 0 Å². The average molecular weight is 359 g/mol. The lowest BCUT2D eigenvalue weighted by Gasteiger charge is -2.38. The quantitative estimate of drug-likeness (QED) is 0.830. The Hall–Kier alpha value is -1.59. The van der Waals surface area contributed by atoms with Crippen molar-refractivity contribution < 1.29 is 4.74 Å². The number of nitrogens with one attached hydrogen (secondary N) is 1. The van der Waals surface area contributed by atoms with Crippen molar-refractivity contribution >= 4 is 28.7 Å². The predicted octanol–water partition coefficient (Wildman–Crippen LogP) is 4.14. The summed E-state index contributed by atoms with van der Waals surface area (Å²) in [5, 5.41) is 6.58. The molecule has 0 radical (unpaired) electrons. The molecule has 1 fully saturated rings. The van der Waals surface area contributed by atoms with Crippen LogP contribution in [0.15, 0.2) is 35.7 Å². The molecule has 0 amide bonds. The smallest absolute Gasteiger partial charge is 0.169 e. The maximum Gasteiger partial charge on any atom is 0.169 e. The molecule has 3 nitrogen and oxygen atoms in total. The summed E-state index contributed by atoms with van der Waals surface area (Å²) in [5.74, 6) is 1.66. The van der Waals surface area contributed by atoms with E-state index in [1.807, 2.05) is 23.5 Å². The van der Waals surface area contributed by atoms with Gasteiger partial charge in [0.1, 0.15) is 5.75 Å². The number of benzene rings is 1. The van der Waals surface area contributed by atoms with Gasteiger partial charge in [-0.1, -0.05) is 12.1 Å². The summed E-state index contributed by atoms with van der Waals surface area (Å²) >= 11 is 7.64. The second-order valence-corrected chi connectivity index (χ2v) is 7.92. The third-order valence-corrected chi connectivity index (χ3v) is 6.32. The largest absolute Gasteiger partial charge is 0.497 e. The van der Waals surface area contributed by atoms with Gasteiger partial charge in [-0.15, -0.1) is 11.3 Å². The number of hydrogen-bond donors (Lipinski definition) is 1. The molecule has 0 unspecified atom stereocenters. The Morgan fingerprint density at radius 1 is 1.29 bits per heavy atom. The molecule has 1 aliphatic carbocycles. The van der Waals surface area contributed by atoms with Crippen LogP contribution < -0.4 is 10.1 Å². The molecule has 1 atom stereocenters. The van der Waals surface area contributed by atoms with Gasteiger partial charge in [0.15, 0.2) is 5.11 Å². The summed E-state index contributed by atoms with van der Waals surface area (Å²) in [6, 6.07) is 10.9. The van der Waals surface area contributed by atoms with E-state index in [1.165, 1.54) is 24.0 Å². The van der Waals surface area contributed by atoms with E-state index in [1.54, 1.807) is 12.0 Å². The van der Waals surface area contributed by atoms with Crippen LogP contribution in [0.1, 0.15) is 34.9 Å². The normalized spacial score (nSPS) is 19.7. The van der Waals surface area contributed by atoms with Crippen molar-refractivity contribution in [1.29, 1.82) is 0 Å². The summed E-state index contributed by atoms with van der Waals surface area (Å²) in [6.45, 7) is 1.79. The number of thiophene rings is 1. The fraction of sp³-hybridized carbons (Fsp3) is 0.421. The molecular weight excluding hydrogens is 336 g/mol. The zero-order valence-electron chi connectivity index (χ0n) is 13.8. The van der Waals surface area contributed by atoms with Gasteiger partial charge in [0, 0.05) is 18.0 Å². The minimum Gasteiger partial charge on any atom is -0.497 e. The van der Waals surface area contributed by atoms with Gasteiger partial charge in [-0.2, -0.15) is 0 Å². The van der Waals surface area contributed by atoms with E-state index in [0.717, 1.165) is 36.3 Å². The van der Waals surface area contributed by atoms with Gasteiger partial charge in [0.2, 0.25) is 0 Å². The minimum atomic E-state index is 0.482. The minimum absolute atomic E-state index is 0.482. The highest BCUT2D eigenvalue weighted by Gasteiger charge is 2.40. The first kappa shape index (κ1) is 15.9. The Morgan fingerprint density at radius 2 is 2.08 bits per heavy atom. The SMILES string of the molecule is COc1ccc(CNC(=S)N2CCc3sccc3[C@H]2C2CC2)cc1. The number of ether oxygens (including phenoxy) is 1. The van der Waals surface area contributed by atoms with Crippen molar-refractivity contribution in [3.05, 3.63) is 51.7 Å². The molecule has 126 valence electrons. The number of fused-ring (bicyclic) bond motifs is 1. The first-order chi connectivity index (χ1) is 11.8. The average Bonchev–Trinajstić information content (AvgIpc) is 3.35. The van der Waals surface area contributed by atoms with Crippen LogP contribution in [0.3, 0.4) is 0 Å². The molecule has 0 saturated heterocycles. The number of rotatable bonds is 4. The van der Waals surface area contributed by atoms with Crippen molar-refractivity contribution in [1.82, 2.24) is 10.2 Å². The summed E-state index contributed by atoms with van der Waals surface area (Å²) in [7, 11) is 1.69. The van der Waals surface area contributed by atoms with Crippen molar-refractivity contribution in [3.63, 3.8) is 0 Å². The van der Waals surface area contributed by atoms with Crippen LogP contribution in [-0.2, 0) is 13.0 Å². The van der Waals surface area contributed by atoms with E-state index in [9.17, 15) is 0 Å². The lowest BCUT2D eigenvalue weighted by atomic mass is 9.96. The summed E-state index contributed by atoms with van der Waals surface area (Å²) in [4.78, 5) is 3.98. The highest BCUT2D eigenvalue weighted by molar-refractivity contribution is 7.80. The maximum atomic E-state index is 5.74. The van der Waals surface area contributed by atoms with Crippen LogP contribution in [0.25, 0.3) is 0 Å². The summed E-state index contributed by atoms with van der Waals surface area (Å²) in [5.41, 5.74) is 2.73. The number of methoxy groups -OCH3 is 1. The Morgan fingerprint density at radius 3 is 2.79 bits per heavy atom. The molecule has 1 aromatic carbocycles. The van der Waals surface area contributed by atoms with Crippen molar-refractivity contribution in [3.8, 4) is 5.75 Å². The Balaban J connectivity index is 1.43. The van der Waals surface area contributed by atoms with Gasteiger partial charge >= 0.3 is 0 Å². The van der Waals surface area contributed by atoms with Crippen LogP contribution >= 0.6 is 23.6 Å². The second-order valence-electron chi connectivity index (χ2n) is 6.53. The Bertz CT molecular complexity index is 721.